The number of rotatable bonds is 9. The first-order chi connectivity index (χ1) is 13.6. The molecule has 0 N–H and O–H groups in total. The summed E-state index contributed by atoms with van der Waals surface area (Å²) in [5, 5.41) is 0. The van der Waals surface area contributed by atoms with E-state index in [0.717, 1.165) is 19.3 Å². The van der Waals surface area contributed by atoms with Gasteiger partial charge in [-0.3, -0.25) is 0 Å². The molecule has 2 rings (SSSR count). The number of hydrogen-bond donors (Lipinski definition) is 0. The SMILES string of the molecule is CCCc1ccc(OC(=O)c2ccc(C(CC)[Si](C)(C)O[Si](C)(C)C)cc2)cc1. The fraction of sp³-hybridized carbons (Fsp3) is 0.458. The van der Waals surface area contributed by atoms with E-state index < -0.39 is 16.6 Å². The van der Waals surface area contributed by atoms with Gasteiger partial charge in [0.25, 0.3) is 0 Å². The molecule has 3 nitrogen and oxygen atoms in total. The lowest BCUT2D eigenvalue weighted by Crippen LogP contribution is -2.47. The number of carbonyl (C=O) groups excluding carboxylic acids is 1. The van der Waals surface area contributed by atoms with Crippen LogP contribution in [0.5, 0.6) is 5.75 Å². The summed E-state index contributed by atoms with van der Waals surface area (Å²) in [6.45, 7) is 15.7. The standard InChI is InChI=1S/C24H36O3Si2/c1-8-10-19-11-17-22(18-12-19)26-24(25)21-15-13-20(14-16-21)23(9-2)29(6,7)27-28(3,4)5/h11-18,23H,8-10H2,1-7H3. The summed E-state index contributed by atoms with van der Waals surface area (Å²) in [6.07, 6.45) is 3.18. The third kappa shape index (κ3) is 6.94. The summed E-state index contributed by atoms with van der Waals surface area (Å²) in [5.74, 6) is 0.269. The van der Waals surface area contributed by atoms with Gasteiger partial charge in [-0.05, 0) is 81.0 Å². The average Bonchev–Trinajstić information content (AvgIpc) is 2.62. The zero-order valence-electron chi connectivity index (χ0n) is 19.0. The van der Waals surface area contributed by atoms with E-state index in [1.165, 1.54) is 11.1 Å². The number of esters is 1. The van der Waals surface area contributed by atoms with E-state index in [9.17, 15) is 4.79 Å². The normalized spacial score (nSPS) is 13.2. The third-order valence-electron chi connectivity index (χ3n) is 5.04. The van der Waals surface area contributed by atoms with Crippen LogP contribution in [0.15, 0.2) is 48.5 Å². The average molecular weight is 429 g/mol. The van der Waals surface area contributed by atoms with E-state index in [4.69, 9.17) is 8.85 Å². The highest BCUT2D eigenvalue weighted by Gasteiger charge is 2.37. The van der Waals surface area contributed by atoms with Gasteiger partial charge in [0.15, 0.2) is 16.6 Å². The Labute approximate surface area is 178 Å². The molecule has 0 saturated heterocycles. The molecule has 1 atom stereocenters. The van der Waals surface area contributed by atoms with Crippen LogP contribution in [-0.4, -0.2) is 22.6 Å². The molecule has 0 aliphatic rings. The lowest BCUT2D eigenvalue weighted by molar-refractivity contribution is 0.0734. The number of carbonyl (C=O) groups is 1. The van der Waals surface area contributed by atoms with Gasteiger partial charge in [0.1, 0.15) is 5.75 Å². The van der Waals surface area contributed by atoms with Gasteiger partial charge in [0.2, 0.25) is 0 Å². The fourth-order valence-corrected chi connectivity index (χ4v) is 12.9. The molecule has 1 unspecified atom stereocenters. The minimum Gasteiger partial charge on any atom is -0.455 e. The number of hydrogen-bond acceptors (Lipinski definition) is 3. The van der Waals surface area contributed by atoms with Gasteiger partial charge in [-0.2, -0.15) is 0 Å². The van der Waals surface area contributed by atoms with Crippen LogP contribution in [0.1, 0.15) is 53.7 Å². The van der Waals surface area contributed by atoms with Crippen molar-refractivity contribution >= 4 is 22.6 Å². The first kappa shape index (κ1) is 23.6. The monoisotopic (exact) mass is 428 g/mol. The second-order valence-corrected chi connectivity index (χ2v) is 18.1. The molecule has 2 aromatic carbocycles. The van der Waals surface area contributed by atoms with Crippen LogP contribution < -0.4 is 4.74 Å². The predicted molar refractivity (Wildman–Crippen MR) is 127 cm³/mol. The molecule has 0 radical (unpaired) electrons. The van der Waals surface area contributed by atoms with E-state index >= 15 is 0 Å². The Morgan fingerprint density at radius 1 is 0.897 bits per heavy atom. The molecule has 0 spiro atoms. The summed E-state index contributed by atoms with van der Waals surface area (Å²) in [5.41, 5.74) is 3.50. The van der Waals surface area contributed by atoms with Gasteiger partial charge in [-0.1, -0.05) is 44.5 Å². The van der Waals surface area contributed by atoms with Crippen molar-refractivity contribution < 1.29 is 13.6 Å². The third-order valence-corrected chi connectivity index (χ3v) is 12.0. The Morgan fingerprint density at radius 2 is 1.48 bits per heavy atom. The quantitative estimate of drug-likeness (QED) is 0.246. The van der Waals surface area contributed by atoms with Crippen LogP contribution in [0.25, 0.3) is 0 Å². The first-order valence-electron chi connectivity index (χ1n) is 10.7. The number of benzene rings is 2. The molecule has 0 heterocycles. The van der Waals surface area contributed by atoms with Crippen LogP contribution >= 0.6 is 0 Å². The molecular weight excluding hydrogens is 392 g/mol. The molecule has 0 aliphatic heterocycles. The Kier molecular flexibility index (Phi) is 8.03. The Balaban J connectivity index is 2.10. The second-order valence-electron chi connectivity index (χ2n) is 9.18. The van der Waals surface area contributed by atoms with Gasteiger partial charge in [-0.25, -0.2) is 4.79 Å². The minimum atomic E-state index is -1.88. The van der Waals surface area contributed by atoms with Crippen LogP contribution in [-0.2, 0) is 10.5 Å². The minimum absolute atomic E-state index is 0.317. The van der Waals surface area contributed by atoms with E-state index in [1.807, 2.05) is 36.4 Å². The largest absolute Gasteiger partial charge is 0.455 e. The molecule has 158 valence electrons. The Bertz CT molecular complexity index is 790. The molecule has 5 heteroatoms. The van der Waals surface area contributed by atoms with Crippen molar-refractivity contribution in [3.8, 4) is 5.75 Å². The van der Waals surface area contributed by atoms with Gasteiger partial charge in [0.05, 0.1) is 5.56 Å². The maximum Gasteiger partial charge on any atom is 0.343 e. The maximum absolute atomic E-state index is 12.5. The summed E-state index contributed by atoms with van der Waals surface area (Å²) in [7, 11) is -3.48. The topological polar surface area (TPSA) is 35.5 Å². The number of aryl methyl sites for hydroxylation is 1. The zero-order valence-corrected chi connectivity index (χ0v) is 21.0. The van der Waals surface area contributed by atoms with E-state index in [0.29, 0.717) is 16.9 Å². The van der Waals surface area contributed by atoms with Crippen molar-refractivity contribution in [3.05, 3.63) is 65.2 Å². The molecule has 0 aromatic heterocycles. The van der Waals surface area contributed by atoms with Gasteiger partial charge in [-0.15, -0.1) is 0 Å². The molecule has 29 heavy (non-hydrogen) atoms. The van der Waals surface area contributed by atoms with Gasteiger partial charge >= 0.3 is 5.97 Å². The van der Waals surface area contributed by atoms with Crippen molar-refractivity contribution in [1.29, 1.82) is 0 Å². The van der Waals surface area contributed by atoms with Crippen molar-refractivity contribution in [2.24, 2.45) is 0 Å². The highest BCUT2D eigenvalue weighted by Crippen LogP contribution is 2.33. The summed E-state index contributed by atoms with van der Waals surface area (Å²) >= 11 is 0. The van der Waals surface area contributed by atoms with Crippen molar-refractivity contribution in [2.75, 3.05) is 0 Å². The van der Waals surface area contributed by atoms with Crippen molar-refractivity contribution in [3.63, 3.8) is 0 Å². The van der Waals surface area contributed by atoms with Crippen LogP contribution in [0.3, 0.4) is 0 Å². The Hall–Kier alpha value is -1.70. The lowest BCUT2D eigenvalue weighted by Gasteiger charge is -2.37. The molecule has 0 aliphatic carbocycles. The lowest BCUT2D eigenvalue weighted by atomic mass is 10.1. The van der Waals surface area contributed by atoms with Crippen molar-refractivity contribution in [2.45, 2.75) is 71.4 Å². The second kappa shape index (κ2) is 9.87. The summed E-state index contributed by atoms with van der Waals surface area (Å²) in [4.78, 5) is 12.5. The molecule has 0 saturated carbocycles. The van der Waals surface area contributed by atoms with E-state index in [1.54, 1.807) is 0 Å². The highest BCUT2D eigenvalue weighted by molar-refractivity contribution is 6.84. The first-order valence-corrected chi connectivity index (χ1v) is 17.1. The zero-order chi connectivity index (χ0) is 21.7. The molecule has 2 aromatic rings. The molecule has 0 fully saturated rings. The molecular formula is C24H36O3Si2. The van der Waals surface area contributed by atoms with Crippen LogP contribution in [0, 0.1) is 0 Å². The number of ether oxygens (including phenoxy) is 1. The van der Waals surface area contributed by atoms with Crippen molar-refractivity contribution in [1.82, 2.24) is 0 Å². The fourth-order valence-electron chi connectivity index (χ4n) is 4.02. The highest BCUT2D eigenvalue weighted by atomic mass is 28.4. The Morgan fingerprint density at radius 3 is 1.97 bits per heavy atom. The van der Waals surface area contributed by atoms with Crippen LogP contribution in [0.2, 0.25) is 32.7 Å². The van der Waals surface area contributed by atoms with E-state index in [-0.39, 0.29) is 5.97 Å². The van der Waals surface area contributed by atoms with E-state index in [2.05, 4.69) is 58.7 Å². The summed E-state index contributed by atoms with van der Waals surface area (Å²) in [6, 6.07) is 15.7. The maximum atomic E-state index is 12.5. The predicted octanol–water partition coefficient (Wildman–Crippen LogP) is 6.95. The molecule has 0 amide bonds. The summed E-state index contributed by atoms with van der Waals surface area (Å²) < 4.78 is 12.1. The molecule has 0 bridgehead atoms. The van der Waals surface area contributed by atoms with Crippen LogP contribution in [0.4, 0.5) is 0 Å². The van der Waals surface area contributed by atoms with Gasteiger partial charge < -0.3 is 8.85 Å². The smallest absolute Gasteiger partial charge is 0.343 e. The van der Waals surface area contributed by atoms with Gasteiger partial charge in [0, 0.05) is 5.54 Å².